The van der Waals surface area contributed by atoms with Crippen LogP contribution in [0, 0.1) is 11.8 Å². The van der Waals surface area contributed by atoms with Crippen molar-refractivity contribution in [2.45, 2.75) is 78.3 Å². The highest BCUT2D eigenvalue weighted by molar-refractivity contribution is 6.33. The Kier molecular flexibility index (Phi) is 17.2. The molecule has 0 spiro atoms. The van der Waals surface area contributed by atoms with Crippen molar-refractivity contribution in [1.29, 1.82) is 0 Å². The standard InChI is InChI=1S/C44H50N2O16/c1-7-33(47)57-17-19-59-35(49)13-15-37(51)61-23-27(21-25(3)4)45-41(53)29-9-11-31-40-32(12-10-30(39(29)40)42(45)54)44(56)46(43(31)55)28(22-26(5)6)24-62-38(52)16-14-36(50)60-20-18-58-34(48)8-2/h7-12,25-28H,1-2,13-24H2,3-6H3. The van der Waals surface area contributed by atoms with Crippen LogP contribution in [0.25, 0.3) is 10.8 Å². The Balaban J connectivity index is 1.46. The molecule has 2 aliphatic rings. The van der Waals surface area contributed by atoms with Crippen molar-refractivity contribution >= 4 is 70.2 Å². The van der Waals surface area contributed by atoms with E-state index in [2.05, 4.69) is 13.2 Å². The maximum absolute atomic E-state index is 14.2. The van der Waals surface area contributed by atoms with Gasteiger partial charge in [-0.3, -0.25) is 48.2 Å². The number of carbonyl (C=O) groups is 10. The Morgan fingerprint density at radius 3 is 1.03 bits per heavy atom. The molecule has 0 radical (unpaired) electrons. The van der Waals surface area contributed by atoms with Gasteiger partial charge in [-0.1, -0.05) is 40.9 Å². The molecule has 2 unspecified atom stereocenters. The zero-order valence-corrected chi connectivity index (χ0v) is 35.1. The molecule has 0 N–H and O–H groups in total. The Morgan fingerprint density at radius 2 is 0.758 bits per heavy atom. The van der Waals surface area contributed by atoms with Gasteiger partial charge in [0.15, 0.2) is 0 Å². The van der Waals surface area contributed by atoms with Gasteiger partial charge in [-0.15, -0.1) is 0 Å². The van der Waals surface area contributed by atoms with Crippen LogP contribution in [-0.4, -0.2) is 121 Å². The molecule has 0 aromatic heterocycles. The third-order valence-corrected chi connectivity index (χ3v) is 9.63. The summed E-state index contributed by atoms with van der Waals surface area (Å²) in [6.45, 7) is 12.4. The van der Waals surface area contributed by atoms with Crippen LogP contribution in [0.15, 0.2) is 49.6 Å². The van der Waals surface area contributed by atoms with Crippen LogP contribution in [0.5, 0.6) is 0 Å². The number of rotatable bonds is 24. The molecule has 4 amide bonds. The van der Waals surface area contributed by atoms with E-state index in [4.69, 9.17) is 28.4 Å². The number of esters is 6. The summed E-state index contributed by atoms with van der Waals surface area (Å²) >= 11 is 0. The summed E-state index contributed by atoms with van der Waals surface area (Å²) in [7, 11) is 0. The lowest BCUT2D eigenvalue weighted by molar-refractivity contribution is -0.153. The van der Waals surface area contributed by atoms with E-state index in [1.165, 1.54) is 24.3 Å². The fourth-order valence-corrected chi connectivity index (χ4v) is 6.95. The minimum atomic E-state index is -0.918. The second kappa shape index (κ2) is 22.2. The first-order valence-corrected chi connectivity index (χ1v) is 20.0. The second-order valence-corrected chi connectivity index (χ2v) is 15.1. The van der Waals surface area contributed by atoms with Gasteiger partial charge >= 0.3 is 35.8 Å². The highest BCUT2D eigenvalue weighted by Crippen LogP contribution is 2.39. The number of amides is 4. The molecule has 0 aliphatic carbocycles. The van der Waals surface area contributed by atoms with Gasteiger partial charge in [0.2, 0.25) is 0 Å². The lowest BCUT2D eigenvalue weighted by Crippen LogP contribution is -2.51. The van der Waals surface area contributed by atoms with Crippen LogP contribution < -0.4 is 0 Å². The largest absolute Gasteiger partial charge is 0.463 e. The van der Waals surface area contributed by atoms with Gasteiger partial charge in [0, 0.05) is 45.2 Å². The van der Waals surface area contributed by atoms with E-state index < -0.39 is 71.5 Å². The minimum Gasteiger partial charge on any atom is -0.463 e. The van der Waals surface area contributed by atoms with E-state index in [1.807, 2.05) is 27.7 Å². The predicted octanol–water partition coefficient (Wildman–Crippen LogP) is 4.05. The summed E-state index contributed by atoms with van der Waals surface area (Å²) < 4.78 is 30.2. The third kappa shape index (κ3) is 12.2. The summed E-state index contributed by atoms with van der Waals surface area (Å²) in [5.74, 6) is -7.40. The van der Waals surface area contributed by atoms with E-state index in [0.29, 0.717) is 0 Å². The molecule has 18 nitrogen and oxygen atoms in total. The summed E-state index contributed by atoms with van der Waals surface area (Å²) in [4.78, 5) is 131. The third-order valence-electron chi connectivity index (χ3n) is 9.63. The Morgan fingerprint density at radius 1 is 0.484 bits per heavy atom. The van der Waals surface area contributed by atoms with E-state index >= 15 is 0 Å². The Labute approximate surface area is 357 Å². The molecular formula is C44H50N2O16. The smallest absolute Gasteiger partial charge is 0.330 e. The van der Waals surface area contributed by atoms with Gasteiger partial charge in [-0.05, 0) is 48.9 Å². The number of hydrogen-bond acceptors (Lipinski definition) is 16. The zero-order valence-electron chi connectivity index (χ0n) is 35.1. The average molecular weight is 863 g/mol. The van der Waals surface area contributed by atoms with Gasteiger partial charge in [0.1, 0.15) is 39.6 Å². The first kappa shape index (κ1) is 48.0. The van der Waals surface area contributed by atoms with E-state index in [9.17, 15) is 47.9 Å². The van der Waals surface area contributed by atoms with Gasteiger partial charge in [0.05, 0.1) is 37.8 Å². The monoisotopic (exact) mass is 862 g/mol. The topological polar surface area (TPSA) is 233 Å². The van der Waals surface area contributed by atoms with Crippen molar-refractivity contribution in [2.75, 3.05) is 39.6 Å². The van der Waals surface area contributed by atoms with Crippen molar-refractivity contribution in [1.82, 2.24) is 9.80 Å². The summed E-state index contributed by atoms with van der Waals surface area (Å²) in [5.41, 5.74) is 0.222. The summed E-state index contributed by atoms with van der Waals surface area (Å²) in [6.07, 6.45) is 1.04. The molecule has 2 aliphatic heterocycles. The lowest BCUT2D eigenvalue weighted by Gasteiger charge is -2.37. The van der Waals surface area contributed by atoms with E-state index in [-0.39, 0.29) is 123 Å². The van der Waals surface area contributed by atoms with Gasteiger partial charge in [0.25, 0.3) is 23.6 Å². The molecule has 0 fully saturated rings. The number of carbonyl (C=O) groups excluding carboxylic acids is 10. The van der Waals surface area contributed by atoms with Crippen LogP contribution in [0.3, 0.4) is 0 Å². The first-order chi connectivity index (χ1) is 29.5. The van der Waals surface area contributed by atoms with Crippen molar-refractivity contribution in [3.8, 4) is 0 Å². The summed E-state index contributed by atoms with van der Waals surface area (Å²) in [5, 5.41) is 0.256. The van der Waals surface area contributed by atoms with Crippen LogP contribution in [0.2, 0.25) is 0 Å². The maximum atomic E-state index is 14.2. The molecule has 62 heavy (non-hydrogen) atoms. The number of imide groups is 2. The molecule has 0 bridgehead atoms. The maximum Gasteiger partial charge on any atom is 0.330 e. The number of hydrogen-bond donors (Lipinski definition) is 0. The van der Waals surface area contributed by atoms with Crippen molar-refractivity contribution in [3.63, 3.8) is 0 Å². The van der Waals surface area contributed by atoms with Crippen LogP contribution in [-0.2, 0) is 57.2 Å². The molecule has 4 rings (SSSR count). The zero-order chi connectivity index (χ0) is 45.7. The summed E-state index contributed by atoms with van der Waals surface area (Å²) in [6, 6.07) is 3.78. The van der Waals surface area contributed by atoms with Gasteiger partial charge in [-0.25, -0.2) is 9.59 Å². The van der Waals surface area contributed by atoms with Crippen LogP contribution in [0.4, 0.5) is 0 Å². The molecule has 0 saturated heterocycles. The first-order valence-electron chi connectivity index (χ1n) is 20.0. The predicted molar refractivity (Wildman–Crippen MR) is 216 cm³/mol. The second-order valence-electron chi connectivity index (χ2n) is 15.1. The number of nitrogens with zero attached hydrogens (tertiary/aromatic N) is 2. The van der Waals surface area contributed by atoms with E-state index in [0.717, 1.165) is 22.0 Å². The van der Waals surface area contributed by atoms with Crippen molar-refractivity contribution in [2.24, 2.45) is 11.8 Å². The highest BCUT2D eigenvalue weighted by atomic mass is 16.6. The molecular weight excluding hydrogens is 812 g/mol. The molecule has 2 aromatic rings. The lowest BCUT2D eigenvalue weighted by atomic mass is 9.84. The van der Waals surface area contributed by atoms with Crippen molar-refractivity contribution < 1.29 is 76.4 Å². The van der Waals surface area contributed by atoms with Gasteiger partial charge < -0.3 is 28.4 Å². The average Bonchev–Trinajstić information content (AvgIpc) is 3.23. The Bertz CT molecular complexity index is 1920. The van der Waals surface area contributed by atoms with Crippen LogP contribution >= 0.6 is 0 Å². The SMILES string of the molecule is C=CC(=O)OCCOC(=O)CCC(=O)OCC(CC(C)C)N1C(=O)c2ccc3c4c(ccc(c24)C1=O)C(=O)N(C(COC(=O)CCC(=O)OCCOC(=O)C=C)CC(C)C)C3=O. The molecule has 2 aromatic carbocycles. The van der Waals surface area contributed by atoms with E-state index in [1.54, 1.807) is 0 Å². The fourth-order valence-electron chi connectivity index (χ4n) is 6.95. The molecule has 2 atom stereocenters. The number of ether oxygens (including phenoxy) is 6. The normalized spacial score (nSPS) is 14.0. The van der Waals surface area contributed by atoms with Crippen LogP contribution in [0.1, 0.15) is 108 Å². The fraction of sp³-hybridized carbons (Fsp3) is 0.455. The quantitative estimate of drug-likeness (QED) is 0.0476. The minimum absolute atomic E-state index is 0.0554. The molecule has 18 heteroatoms. The molecule has 0 saturated carbocycles. The molecule has 332 valence electrons. The van der Waals surface area contributed by atoms with Gasteiger partial charge in [-0.2, -0.15) is 0 Å². The Hall–Kier alpha value is -6.72. The number of benzene rings is 2. The molecule has 2 heterocycles. The highest BCUT2D eigenvalue weighted by Gasteiger charge is 2.44. The van der Waals surface area contributed by atoms with Crippen molar-refractivity contribution in [3.05, 3.63) is 71.8 Å².